The average molecular weight is 308 g/mol. The first-order valence-corrected chi connectivity index (χ1v) is 7.22. The zero-order chi connectivity index (χ0) is 16.1. The molecule has 1 aromatic heterocycles. The summed E-state index contributed by atoms with van der Waals surface area (Å²) in [6, 6.07) is 18.1. The molecule has 0 spiro atoms. The van der Waals surface area contributed by atoms with Crippen molar-refractivity contribution >= 4 is 5.91 Å². The van der Waals surface area contributed by atoms with E-state index in [4.69, 9.17) is 0 Å². The Bertz CT molecular complexity index is 772. The number of hydrogen-bond donors (Lipinski definition) is 2. The van der Waals surface area contributed by atoms with E-state index in [0.29, 0.717) is 0 Å². The van der Waals surface area contributed by atoms with Gasteiger partial charge in [-0.05, 0) is 17.7 Å². The molecule has 23 heavy (non-hydrogen) atoms. The number of aliphatic hydroxyl groups is 1. The van der Waals surface area contributed by atoms with Crippen molar-refractivity contribution in [1.82, 2.24) is 20.3 Å². The second-order valence-corrected chi connectivity index (χ2v) is 4.97. The molecule has 0 aliphatic rings. The zero-order valence-electron chi connectivity index (χ0n) is 12.3. The summed E-state index contributed by atoms with van der Waals surface area (Å²) in [5.74, 6) is -0.380. The van der Waals surface area contributed by atoms with Crippen molar-refractivity contribution in [3.8, 4) is 5.69 Å². The minimum Gasteiger partial charge on any atom is -0.394 e. The van der Waals surface area contributed by atoms with Gasteiger partial charge in [0.1, 0.15) is 0 Å². The molecule has 0 unspecified atom stereocenters. The Morgan fingerprint density at radius 2 is 1.74 bits per heavy atom. The third-order valence-corrected chi connectivity index (χ3v) is 3.40. The van der Waals surface area contributed by atoms with E-state index in [9.17, 15) is 9.90 Å². The van der Waals surface area contributed by atoms with Gasteiger partial charge in [-0.1, -0.05) is 48.5 Å². The fraction of sp³-hybridized carbons (Fsp3) is 0.118. The molecule has 2 aromatic carbocycles. The van der Waals surface area contributed by atoms with Crippen LogP contribution >= 0.6 is 0 Å². The number of carbonyl (C=O) groups excluding carboxylic acids is 1. The molecule has 3 rings (SSSR count). The van der Waals surface area contributed by atoms with Crippen LogP contribution in [-0.2, 0) is 0 Å². The molecule has 116 valence electrons. The SMILES string of the molecule is O=C(N[C@H](CO)c1ccccc1)c1cnn(-c2ccccc2)n1. The molecule has 2 N–H and O–H groups in total. The highest BCUT2D eigenvalue weighted by Gasteiger charge is 2.17. The molecular formula is C17H16N4O2. The van der Waals surface area contributed by atoms with Gasteiger partial charge in [0.2, 0.25) is 0 Å². The van der Waals surface area contributed by atoms with E-state index < -0.39 is 6.04 Å². The molecule has 0 saturated carbocycles. The van der Waals surface area contributed by atoms with E-state index in [1.165, 1.54) is 11.0 Å². The van der Waals surface area contributed by atoms with Crippen molar-refractivity contribution in [3.63, 3.8) is 0 Å². The summed E-state index contributed by atoms with van der Waals surface area (Å²) in [6.07, 6.45) is 1.40. The number of aromatic nitrogens is 3. The van der Waals surface area contributed by atoms with Gasteiger partial charge in [0.15, 0.2) is 5.69 Å². The van der Waals surface area contributed by atoms with Gasteiger partial charge in [0.05, 0.1) is 24.5 Å². The van der Waals surface area contributed by atoms with Crippen molar-refractivity contribution in [3.05, 3.63) is 78.1 Å². The lowest BCUT2D eigenvalue weighted by atomic mass is 10.1. The van der Waals surface area contributed by atoms with E-state index in [-0.39, 0.29) is 18.2 Å². The Labute approximate surface area is 133 Å². The molecule has 0 bridgehead atoms. The molecule has 3 aromatic rings. The van der Waals surface area contributed by atoms with Crippen molar-refractivity contribution in [2.45, 2.75) is 6.04 Å². The van der Waals surface area contributed by atoms with Gasteiger partial charge in [-0.25, -0.2) is 0 Å². The van der Waals surface area contributed by atoms with E-state index >= 15 is 0 Å². The molecule has 6 nitrogen and oxygen atoms in total. The summed E-state index contributed by atoms with van der Waals surface area (Å²) >= 11 is 0. The minimum absolute atomic E-state index is 0.192. The van der Waals surface area contributed by atoms with Gasteiger partial charge >= 0.3 is 0 Å². The summed E-state index contributed by atoms with van der Waals surface area (Å²) in [5, 5.41) is 20.5. The third-order valence-electron chi connectivity index (χ3n) is 3.40. The summed E-state index contributed by atoms with van der Waals surface area (Å²) < 4.78 is 0. The Balaban J connectivity index is 1.75. The molecule has 0 radical (unpaired) electrons. The van der Waals surface area contributed by atoms with Crippen LogP contribution in [0.5, 0.6) is 0 Å². The van der Waals surface area contributed by atoms with Crippen LogP contribution in [0.15, 0.2) is 66.9 Å². The number of rotatable bonds is 5. The highest BCUT2D eigenvalue weighted by atomic mass is 16.3. The Morgan fingerprint density at radius 3 is 2.39 bits per heavy atom. The molecule has 6 heteroatoms. The molecule has 0 aliphatic carbocycles. The van der Waals surface area contributed by atoms with E-state index in [0.717, 1.165) is 11.3 Å². The molecular weight excluding hydrogens is 292 g/mol. The smallest absolute Gasteiger partial charge is 0.274 e. The maximum atomic E-state index is 12.3. The van der Waals surface area contributed by atoms with Crippen LogP contribution in [0, 0.1) is 0 Å². The van der Waals surface area contributed by atoms with Gasteiger partial charge in [-0.15, -0.1) is 5.10 Å². The van der Waals surface area contributed by atoms with Crippen LogP contribution in [0.25, 0.3) is 5.69 Å². The van der Waals surface area contributed by atoms with Gasteiger partial charge in [-0.2, -0.15) is 9.90 Å². The highest BCUT2D eigenvalue weighted by Crippen LogP contribution is 2.12. The Hall–Kier alpha value is -2.99. The number of hydrogen-bond acceptors (Lipinski definition) is 4. The summed E-state index contributed by atoms with van der Waals surface area (Å²) in [4.78, 5) is 13.7. The number of carbonyl (C=O) groups is 1. The molecule has 0 aliphatic heterocycles. The first-order valence-electron chi connectivity index (χ1n) is 7.22. The normalized spacial score (nSPS) is 11.9. The van der Waals surface area contributed by atoms with E-state index in [2.05, 4.69) is 15.5 Å². The van der Waals surface area contributed by atoms with Crippen molar-refractivity contribution in [2.75, 3.05) is 6.61 Å². The number of nitrogens with zero attached hydrogens (tertiary/aromatic N) is 3. The number of amides is 1. The highest BCUT2D eigenvalue weighted by molar-refractivity contribution is 5.92. The number of benzene rings is 2. The van der Waals surface area contributed by atoms with Gasteiger partial charge < -0.3 is 10.4 Å². The molecule has 0 fully saturated rings. The standard InChI is InChI=1S/C17H16N4O2/c22-12-16(13-7-3-1-4-8-13)19-17(23)15-11-18-21(20-15)14-9-5-2-6-10-14/h1-11,16,22H,12H2,(H,19,23)/t16-/m1/s1. The van der Waals surface area contributed by atoms with Crippen LogP contribution in [0.2, 0.25) is 0 Å². The lowest BCUT2D eigenvalue weighted by Gasteiger charge is -2.15. The van der Waals surface area contributed by atoms with Gasteiger partial charge in [-0.3, -0.25) is 4.79 Å². The lowest BCUT2D eigenvalue weighted by molar-refractivity contribution is 0.0910. The summed E-state index contributed by atoms with van der Waals surface area (Å²) in [6.45, 7) is -0.192. The van der Waals surface area contributed by atoms with E-state index in [1.54, 1.807) is 0 Å². The predicted molar refractivity (Wildman–Crippen MR) is 85.1 cm³/mol. The largest absolute Gasteiger partial charge is 0.394 e. The second kappa shape index (κ2) is 6.85. The van der Waals surface area contributed by atoms with Crippen molar-refractivity contribution < 1.29 is 9.90 Å². The van der Waals surface area contributed by atoms with Crippen LogP contribution in [0.3, 0.4) is 0 Å². The average Bonchev–Trinajstić information content (AvgIpc) is 3.11. The topological polar surface area (TPSA) is 80.0 Å². The van der Waals surface area contributed by atoms with Gasteiger partial charge in [0.25, 0.3) is 5.91 Å². The molecule has 1 amide bonds. The van der Waals surface area contributed by atoms with Crippen molar-refractivity contribution in [2.24, 2.45) is 0 Å². The Kier molecular flexibility index (Phi) is 4.44. The fourth-order valence-corrected chi connectivity index (χ4v) is 2.20. The molecule has 1 heterocycles. The summed E-state index contributed by atoms with van der Waals surface area (Å²) in [7, 11) is 0. The van der Waals surface area contributed by atoms with Crippen LogP contribution in [0.4, 0.5) is 0 Å². The van der Waals surface area contributed by atoms with Gasteiger partial charge in [0, 0.05) is 0 Å². The monoisotopic (exact) mass is 308 g/mol. The maximum absolute atomic E-state index is 12.3. The number of para-hydroxylation sites is 1. The first kappa shape index (κ1) is 14.9. The quantitative estimate of drug-likeness (QED) is 0.752. The first-order chi connectivity index (χ1) is 11.3. The Morgan fingerprint density at radius 1 is 1.09 bits per heavy atom. The number of nitrogens with one attached hydrogen (secondary N) is 1. The predicted octanol–water partition coefficient (Wildman–Crippen LogP) is 1.73. The van der Waals surface area contributed by atoms with E-state index in [1.807, 2.05) is 60.7 Å². The van der Waals surface area contributed by atoms with Crippen molar-refractivity contribution in [1.29, 1.82) is 0 Å². The maximum Gasteiger partial charge on any atom is 0.274 e. The van der Waals surface area contributed by atoms with Crippen LogP contribution in [-0.4, -0.2) is 32.6 Å². The zero-order valence-corrected chi connectivity index (χ0v) is 12.3. The lowest BCUT2D eigenvalue weighted by Crippen LogP contribution is -2.31. The van der Waals surface area contributed by atoms with Crippen LogP contribution in [0.1, 0.15) is 22.1 Å². The number of aliphatic hydroxyl groups excluding tert-OH is 1. The minimum atomic E-state index is -0.481. The second-order valence-electron chi connectivity index (χ2n) is 4.97. The molecule has 1 atom stereocenters. The summed E-state index contributed by atoms with van der Waals surface area (Å²) in [5.41, 5.74) is 1.80. The third kappa shape index (κ3) is 3.44. The molecule has 0 saturated heterocycles. The fourth-order valence-electron chi connectivity index (χ4n) is 2.20. The van der Waals surface area contributed by atoms with Crippen LogP contribution < -0.4 is 5.32 Å².